The van der Waals surface area contributed by atoms with Gasteiger partial charge in [0.15, 0.2) is 0 Å². The van der Waals surface area contributed by atoms with Gasteiger partial charge in [-0.25, -0.2) is 4.98 Å². The zero-order valence-corrected chi connectivity index (χ0v) is 11.6. The Morgan fingerprint density at radius 1 is 1.42 bits per heavy atom. The third-order valence-corrected chi connectivity index (χ3v) is 4.10. The summed E-state index contributed by atoms with van der Waals surface area (Å²) in [5.74, 6) is 1.82. The van der Waals surface area contributed by atoms with Crippen molar-refractivity contribution in [2.45, 2.75) is 31.7 Å². The van der Waals surface area contributed by atoms with Crippen LogP contribution < -0.4 is 5.32 Å². The Labute approximate surface area is 114 Å². The second-order valence-corrected chi connectivity index (χ2v) is 5.34. The molecule has 1 aromatic carbocycles. The van der Waals surface area contributed by atoms with E-state index < -0.39 is 0 Å². The summed E-state index contributed by atoms with van der Waals surface area (Å²) in [6.07, 6.45) is 6.25. The molecule has 0 radical (unpaired) electrons. The van der Waals surface area contributed by atoms with E-state index in [1.165, 1.54) is 17.5 Å². The summed E-state index contributed by atoms with van der Waals surface area (Å²) in [5.41, 5.74) is 3.04. The second kappa shape index (κ2) is 5.17. The number of benzene rings is 1. The van der Waals surface area contributed by atoms with Crippen molar-refractivity contribution < 1.29 is 0 Å². The number of imidazole rings is 1. The van der Waals surface area contributed by atoms with Gasteiger partial charge in [0.25, 0.3) is 0 Å². The van der Waals surface area contributed by atoms with E-state index in [1.54, 1.807) is 0 Å². The van der Waals surface area contributed by atoms with Crippen LogP contribution in [0.15, 0.2) is 36.7 Å². The Balaban J connectivity index is 1.76. The van der Waals surface area contributed by atoms with Crippen LogP contribution in [0.1, 0.15) is 42.3 Å². The Morgan fingerprint density at radius 3 is 2.95 bits per heavy atom. The molecule has 3 nitrogen and oxygen atoms in total. The van der Waals surface area contributed by atoms with E-state index in [0.29, 0.717) is 12.0 Å². The Morgan fingerprint density at radius 2 is 2.26 bits per heavy atom. The third-order valence-electron chi connectivity index (χ3n) is 4.10. The van der Waals surface area contributed by atoms with Gasteiger partial charge in [-0.2, -0.15) is 0 Å². The zero-order chi connectivity index (χ0) is 13.2. The van der Waals surface area contributed by atoms with Crippen molar-refractivity contribution in [2.24, 2.45) is 7.05 Å². The molecule has 1 aliphatic carbocycles. The maximum absolute atomic E-state index is 4.50. The molecule has 100 valence electrons. The van der Waals surface area contributed by atoms with Gasteiger partial charge in [-0.3, -0.25) is 0 Å². The molecule has 19 heavy (non-hydrogen) atoms. The molecule has 1 heterocycles. The molecule has 0 spiro atoms. The Hall–Kier alpha value is -1.61. The van der Waals surface area contributed by atoms with E-state index in [4.69, 9.17) is 0 Å². The summed E-state index contributed by atoms with van der Waals surface area (Å²) in [6.45, 7) is 3.14. The van der Waals surface area contributed by atoms with Crippen molar-refractivity contribution in [3.63, 3.8) is 0 Å². The average Bonchev–Trinajstić information content (AvgIpc) is 2.81. The maximum Gasteiger partial charge on any atom is 0.125 e. The summed E-state index contributed by atoms with van der Waals surface area (Å²) in [4.78, 5) is 4.50. The maximum atomic E-state index is 4.50. The van der Waals surface area contributed by atoms with Crippen molar-refractivity contribution in [3.8, 4) is 0 Å². The third kappa shape index (κ3) is 2.30. The molecule has 0 bridgehead atoms. The molecular formula is C16H21N3. The first-order valence-electron chi connectivity index (χ1n) is 7.08. The highest BCUT2D eigenvalue weighted by Crippen LogP contribution is 2.40. The fraction of sp³-hybridized carbons (Fsp3) is 0.438. The van der Waals surface area contributed by atoms with Gasteiger partial charge in [-0.1, -0.05) is 31.2 Å². The van der Waals surface area contributed by atoms with E-state index in [9.17, 15) is 0 Å². The smallest absolute Gasteiger partial charge is 0.125 e. The standard InChI is InChI=1S/C16H21N3/c1-3-17-15(16-18-8-9-19(16)2)11-13-10-12-6-4-5-7-14(12)13/h4-9,13,15,17H,3,10-11H2,1-2H3. The lowest BCUT2D eigenvalue weighted by Crippen LogP contribution is -2.28. The van der Waals surface area contributed by atoms with Gasteiger partial charge in [-0.15, -0.1) is 0 Å². The van der Waals surface area contributed by atoms with Crippen molar-refractivity contribution in [2.75, 3.05) is 6.54 Å². The number of hydrogen-bond donors (Lipinski definition) is 1. The van der Waals surface area contributed by atoms with Gasteiger partial charge in [0, 0.05) is 19.4 Å². The van der Waals surface area contributed by atoms with E-state index >= 15 is 0 Å². The number of nitrogens with zero attached hydrogens (tertiary/aromatic N) is 2. The van der Waals surface area contributed by atoms with Crippen LogP contribution in [0.4, 0.5) is 0 Å². The second-order valence-electron chi connectivity index (χ2n) is 5.34. The van der Waals surface area contributed by atoms with Crippen LogP contribution in [-0.2, 0) is 13.5 Å². The highest BCUT2D eigenvalue weighted by atomic mass is 15.1. The van der Waals surface area contributed by atoms with Gasteiger partial charge in [0.1, 0.15) is 5.82 Å². The molecule has 1 aliphatic rings. The zero-order valence-electron chi connectivity index (χ0n) is 11.6. The fourth-order valence-electron chi connectivity index (χ4n) is 3.10. The van der Waals surface area contributed by atoms with Crippen LogP contribution in [0.2, 0.25) is 0 Å². The van der Waals surface area contributed by atoms with Gasteiger partial charge in [-0.05, 0) is 36.4 Å². The average molecular weight is 255 g/mol. The quantitative estimate of drug-likeness (QED) is 0.890. The number of aryl methyl sites for hydroxylation is 1. The van der Waals surface area contributed by atoms with Crippen molar-refractivity contribution in [1.29, 1.82) is 0 Å². The summed E-state index contributed by atoms with van der Waals surface area (Å²) < 4.78 is 2.12. The van der Waals surface area contributed by atoms with Gasteiger partial charge >= 0.3 is 0 Å². The van der Waals surface area contributed by atoms with Crippen LogP contribution in [-0.4, -0.2) is 16.1 Å². The minimum Gasteiger partial charge on any atom is -0.337 e. The predicted molar refractivity (Wildman–Crippen MR) is 77.1 cm³/mol. The molecule has 0 saturated carbocycles. The number of aromatic nitrogens is 2. The van der Waals surface area contributed by atoms with Crippen LogP contribution >= 0.6 is 0 Å². The first-order valence-corrected chi connectivity index (χ1v) is 7.08. The Kier molecular flexibility index (Phi) is 3.38. The molecular weight excluding hydrogens is 234 g/mol. The van der Waals surface area contributed by atoms with Crippen LogP contribution in [0.3, 0.4) is 0 Å². The lowest BCUT2D eigenvalue weighted by molar-refractivity contribution is 0.413. The summed E-state index contributed by atoms with van der Waals surface area (Å²) >= 11 is 0. The lowest BCUT2D eigenvalue weighted by atomic mass is 9.74. The lowest BCUT2D eigenvalue weighted by Gasteiger charge is -2.33. The van der Waals surface area contributed by atoms with E-state index in [2.05, 4.69) is 53.1 Å². The molecule has 2 aromatic rings. The van der Waals surface area contributed by atoms with Crippen molar-refractivity contribution in [1.82, 2.24) is 14.9 Å². The first kappa shape index (κ1) is 12.4. The molecule has 0 aliphatic heterocycles. The minimum atomic E-state index is 0.350. The highest BCUT2D eigenvalue weighted by molar-refractivity contribution is 5.40. The molecule has 1 N–H and O–H groups in total. The van der Waals surface area contributed by atoms with E-state index in [0.717, 1.165) is 18.8 Å². The van der Waals surface area contributed by atoms with Crippen molar-refractivity contribution >= 4 is 0 Å². The van der Waals surface area contributed by atoms with Crippen LogP contribution in [0.25, 0.3) is 0 Å². The number of nitrogens with one attached hydrogen (secondary N) is 1. The molecule has 2 atom stereocenters. The van der Waals surface area contributed by atoms with Gasteiger partial charge in [0.2, 0.25) is 0 Å². The molecule has 2 unspecified atom stereocenters. The van der Waals surface area contributed by atoms with E-state index in [1.807, 2.05) is 12.4 Å². The molecule has 0 amide bonds. The summed E-state index contributed by atoms with van der Waals surface area (Å²) in [5, 5.41) is 3.57. The predicted octanol–water partition coefficient (Wildman–Crippen LogP) is 2.80. The highest BCUT2D eigenvalue weighted by Gasteiger charge is 2.29. The first-order chi connectivity index (χ1) is 9.29. The normalized spacial score (nSPS) is 18.7. The molecule has 0 saturated heterocycles. The van der Waals surface area contributed by atoms with Gasteiger partial charge < -0.3 is 9.88 Å². The molecule has 3 rings (SSSR count). The number of hydrogen-bond acceptors (Lipinski definition) is 2. The molecule has 0 fully saturated rings. The van der Waals surface area contributed by atoms with Crippen molar-refractivity contribution in [3.05, 3.63) is 53.6 Å². The van der Waals surface area contributed by atoms with E-state index in [-0.39, 0.29) is 0 Å². The summed E-state index contributed by atoms with van der Waals surface area (Å²) in [6, 6.07) is 9.15. The van der Waals surface area contributed by atoms with Gasteiger partial charge in [0.05, 0.1) is 6.04 Å². The SMILES string of the molecule is CCNC(CC1Cc2ccccc21)c1nccn1C. The molecule has 3 heteroatoms. The number of fused-ring (bicyclic) bond motifs is 1. The number of rotatable bonds is 5. The summed E-state index contributed by atoms with van der Waals surface area (Å²) in [7, 11) is 2.07. The Bertz CT molecular complexity index is 559. The monoisotopic (exact) mass is 255 g/mol. The van der Waals surface area contributed by atoms with Crippen LogP contribution in [0.5, 0.6) is 0 Å². The minimum absolute atomic E-state index is 0.350. The van der Waals surface area contributed by atoms with Crippen LogP contribution in [0, 0.1) is 0 Å². The molecule has 1 aromatic heterocycles. The topological polar surface area (TPSA) is 29.9 Å². The largest absolute Gasteiger partial charge is 0.337 e. The fourth-order valence-corrected chi connectivity index (χ4v) is 3.10.